The van der Waals surface area contributed by atoms with Gasteiger partial charge >= 0.3 is 0 Å². The highest BCUT2D eigenvalue weighted by molar-refractivity contribution is 6.06. The maximum absolute atomic E-state index is 12.6. The van der Waals surface area contributed by atoms with Crippen molar-refractivity contribution in [1.82, 2.24) is 4.98 Å². The fourth-order valence-corrected chi connectivity index (χ4v) is 3.04. The van der Waals surface area contributed by atoms with E-state index < -0.39 is 11.3 Å². The molecule has 6 nitrogen and oxygen atoms in total. The fourth-order valence-electron chi connectivity index (χ4n) is 3.04. The molecular weight excluding hydrogens is 344 g/mol. The van der Waals surface area contributed by atoms with Crippen molar-refractivity contribution in [3.63, 3.8) is 0 Å². The molecule has 3 rings (SSSR count). The van der Waals surface area contributed by atoms with Gasteiger partial charge in [0.2, 0.25) is 5.43 Å². The molecule has 4 N–H and O–H groups in total. The van der Waals surface area contributed by atoms with Crippen LogP contribution in [0.25, 0.3) is 10.9 Å². The number of phenols is 2. The molecule has 3 aromatic rings. The van der Waals surface area contributed by atoms with Crippen LogP contribution in [-0.2, 0) is 5.41 Å². The Bertz CT molecular complexity index is 1110. The molecule has 0 aliphatic rings. The lowest BCUT2D eigenvalue weighted by atomic mass is 9.85. The summed E-state index contributed by atoms with van der Waals surface area (Å²) < 4.78 is 0. The number of carbonyl (C=O) groups is 1. The van der Waals surface area contributed by atoms with Crippen molar-refractivity contribution in [2.24, 2.45) is 0 Å². The number of fused-ring (bicyclic) bond motifs is 1. The molecule has 0 bridgehead atoms. The molecule has 0 unspecified atom stereocenters. The number of amides is 1. The smallest absolute Gasteiger partial charge is 0.261 e. The molecule has 1 heterocycles. The van der Waals surface area contributed by atoms with Gasteiger partial charge in [0.25, 0.3) is 5.91 Å². The zero-order valence-electron chi connectivity index (χ0n) is 15.7. The van der Waals surface area contributed by atoms with Crippen molar-refractivity contribution in [3.05, 3.63) is 63.4 Å². The number of aromatic hydroxyl groups is 2. The normalized spacial score (nSPS) is 11.6. The first-order valence-electron chi connectivity index (χ1n) is 8.58. The third-order valence-corrected chi connectivity index (χ3v) is 4.53. The molecule has 0 saturated carbocycles. The molecule has 1 aromatic heterocycles. The highest BCUT2D eigenvalue weighted by Crippen LogP contribution is 2.34. The molecule has 27 heavy (non-hydrogen) atoms. The highest BCUT2D eigenvalue weighted by Gasteiger charge is 2.21. The first-order valence-corrected chi connectivity index (χ1v) is 8.58. The van der Waals surface area contributed by atoms with E-state index in [0.29, 0.717) is 11.2 Å². The second-order valence-corrected chi connectivity index (χ2v) is 7.62. The van der Waals surface area contributed by atoms with Crippen molar-refractivity contribution in [2.75, 3.05) is 5.32 Å². The van der Waals surface area contributed by atoms with Gasteiger partial charge in [-0.1, -0.05) is 26.8 Å². The standard InChI is InChI=1S/C21H22N2O4/c1-11-8-13(21(2,3)4)17(25)9-15(11)23-20(27)12-10-22-14-6-5-7-16(24)18(14)19(12)26/h5-10,24-25H,1-4H3,(H,22,26)(H,23,27). The number of hydrogen-bond donors (Lipinski definition) is 4. The van der Waals surface area contributed by atoms with Crippen LogP contribution in [0.2, 0.25) is 0 Å². The van der Waals surface area contributed by atoms with Crippen molar-refractivity contribution in [3.8, 4) is 11.5 Å². The number of benzene rings is 2. The maximum atomic E-state index is 12.6. The van der Waals surface area contributed by atoms with Crippen LogP contribution in [0.4, 0.5) is 5.69 Å². The summed E-state index contributed by atoms with van der Waals surface area (Å²) in [6, 6.07) is 7.95. The lowest BCUT2D eigenvalue weighted by Gasteiger charge is -2.22. The zero-order valence-corrected chi connectivity index (χ0v) is 15.7. The zero-order chi connectivity index (χ0) is 19.9. The molecular formula is C21H22N2O4. The Morgan fingerprint density at radius 2 is 1.81 bits per heavy atom. The Morgan fingerprint density at radius 1 is 1.11 bits per heavy atom. The number of aryl methyl sites for hydroxylation is 1. The monoisotopic (exact) mass is 366 g/mol. The van der Waals surface area contributed by atoms with Crippen molar-refractivity contribution in [1.29, 1.82) is 0 Å². The first kappa shape index (κ1) is 18.5. The van der Waals surface area contributed by atoms with E-state index in [1.54, 1.807) is 12.1 Å². The van der Waals surface area contributed by atoms with E-state index >= 15 is 0 Å². The van der Waals surface area contributed by atoms with E-state index in [2.05, 4.69) is 10.3 Å². The number of pyridine rings is 1. The van der Waals surface area contributed by atoms with Crippen molar-refractivity contribution >= 4 is 22.5 Å². The Hall–Kier alpha value is -3.28. The van der Waals surface area contributed by atoms with E-state index in [9.17, 15) is 19.8 Å². The van der Waals surface area contributed by atoms with Crippen LogP contribution in [0.3, 0.4) is 0 Å². The second kappa shape index (κ2) is 6.46. The number of phenolic OH excluding ortho intramolecular Hbond substituents is 2. The van der Waals surface area contributed by atoms with E-state index in [1.807, 2.05) is 33.8 Å². The predicted molar refractivity (Wildman–Crippen MR) is 106 cm³/mol. The Morgan fingerprint density at radius 3 is 2.48 bits per heavy atom. The second-order valence-electron chi connectivity index (χ2n) is 7.62. The Labute approximate surface area is 156 Å². The van der Waals surface area contributed by atoms with Crippen LogP contribution >= 0.6 is 0 Å². The molecule has 2 aromatic carbocycles. The molecule has 0 aliphatic heterocycles. The van der Waals surface area contributed by atoms with Gasteiger partial charge in [-0.25, -0.2) is 0 Å². The number of H-pyrrole nitrogens is 1. The topological polar surface area (TPSA) is 102 Å². The Kier molecular flexibility index (Phi) is 4.43. The number of rotatable bonds is 2. The summed E-state index contributed by atoms with van der Waals surface area (Å²) in [6.45, 7) is 7.78. The fraction of sp³-hybridized carbons (Fsp3) is 0.238. The van der Waals surface area contributed by atoms with E-state index in [0.717, 1.165) is 11.1 Å². The molecule has 0 fully saturated rings. The minimum absolute atomic E-state index is 0.0628. The third-order valence-electron chi connectivity index (χ3n) is 4.53. The average molecular weight is 366 g/mol. The summed E-state index contributed by atoms with van der Waals surface area (Å²) in [5, 5.41) is 23.0. The molecule has 140 valence electrons. The summed E-state index contributed by atoms with van der Waals surface area (Å²) in [5.41, 5.74) is 1.47. The summed E-state index contributed by atoms with van der Waals surface area (Å²) >= 11 is 0. The van der Waals surface area contributed by atoms with Crippen LogP contribution in [0, 0.1) is 6.92 Å². The SMILES string of the molecule is Cc1cc(C(C)(C)C)c(O)cc1NC(=O)c1c[nH]c2cccc(O)c2c1=O. The van der Waals surface area contributed by atoms with Crippen LogP contribution in [0.1, 0.15) is 42.3 Å². The number of anilines is 1. The van der Waals surface area contributed by atoms with Crippen molar-refractivity contribution < 1.29 is 15.0 Å². The van der Waals surface area contributed by atoms with E-state index in [-0.39, 0.29) is 27.9 Å². The predicted octanol–water partition coefficient (Wildman–Crippen LogP) is 3.80. The Balaban J connectivity index is 2.01. The molecule has 6 heteroatoms. The van der Waals surface area contributed by atoms with Gasteiger partial charge in [0.05, 0.1) is 10.9 Å². The molecule has 0 radical (unpaired) electrons. The van der Waals surface area contributed by atoms with Crippen molar-refractivity contribution in [2.45, 2.75) is 33.1 Å². The average Bonchev–Trinajstić information content (AvgIpc) is 2.57. The van der Waals surface area contributed by atoms with Gasteiger partial charge in [-0.2, -0.15) is 0 Å². The molecule has 0 atom stereocenters. The molecule has 0 spiro atoms. The van der Waals surface area contributed by atoms with Crippen LogP contribution < -0.4 is 10.7 Å². The van der Waals surface area contributed by atoms with Crippen LogP contribution in [0.15, 0.2) is 41.3 Å². The summed E-state index contributed by atoms with van der Waals surface area (Å²) in [7, 11) is 0. The van der Waals surface area contributed by atoms with Gasteiger partial charge in [-0.3, -0.25) is 9.59 Å². The first-order chi connectivity index (χ1) is 12.6. The van der Waals surface area contributed by atoms with Crippen LogP contribution in [0.5, 0.6) is 11.5 Å². The number of hydrogen-bond acceptors (Lipinski definition) is 4. The number of nitrogens with one attached hydrogen (secondary N) is 2. The number of aromatic nitrogens is 1. The van der Waals surface area contributed by atoms with Gasteiger partial charge < -0.3 is 20.5 Å². The maximum Gasteiger partial charge on any atom is 0.261 e. The summed E-state index contributed by atoms with van der Waals surface area (Å²) in [6.07, 6.45) is 1.32. The van der Waals surface area contributed by atoms with E-state index in [4.69, 9.17) is 0 Å². The third kappa shape index (κ3) is 3.38. The number of carbonyl (C=O) groups excluding carboxylic acids is 1. The number of aromatic amines is 1. The van der Waals surface area contributed by atoms with Gasteiger partial charge in [-0.05, 0) is 41.7 Å². The summed E-state index contributed by atoms with van der Waals surface area (Å²) in [4.78, 5) is 28.1. The molecule has 1 amide bonds. The lowest BCUT2D eigenvalue weighted by Crippen LogP contribution is -2.22. The van der Waals surface area contributed by atoms with Gasteiger partial charge in [0.15, 0.2) is 0 Å². The minimum Gasteiger partial charge on any atom is -0.508 e. The highest BCUT2D eigenvalue weighted by atomic mass is 16.3. The molecule has 0 aliphatic carbocycles. The summed E-state index contributed by atoms with van der Waals surface area (Å²) in [5.74, 6) is -0.729. The van der Waals surface area contributed by atoms with Gasteiger partial charge in [0.1, 0.15) is 17.1 Å². The van der Waals surface area contributed by atoms with Gasteiger partial charge in [-0.15, -0.1) is 0 Å². The lowest BCUT2D eigenvalue weighted by molar-refractivity contribution is 0.102. The minimum atomic E-state index is -0.618. The quantitative estimate of drug-likeness (QED) is 0.554. The van der Waals surface area contributed by atoms with E-state index in [1.165, 1.54) is 18.3 Å². The van der Waals surface area contributed by atoms with Gasteiger partial charge in [0, 0.05) is 18.0 Å². The largest absolute Gasteiger partial charge is 0.508 e. The molecule has 0 saturated heterocycles. The van der Waals surface area contributed by atoms with Crippen LogP contribution in [-0.4, -0.2) is 21.1 Å².